The van der Waals surface area contributed by atoms with Crippen LogP contribution in [0.3, 0.4) is 0 Å². The largest absolute Gasteiger partial charge is 0.493 e. The van der Waals surface area contributed by atoms with Gasteiger partial charge in [-0.3, -0.25) is 0 Å². The van der Waals surface area contributed by atoms with E-state index in [0.717, 1.165) is 5.56 Å². The van der Waals surface area contributed by atoms with Gasteiger partial charge in [0.1, 0.15) is 28.8 Å². The van der Waals surface area contributed by atoms with Gasteiger partial charge in [-0.1, -0.05) is 18.2 Å². The molecule has 2 aromatic rings. The lowest BCUT2D eigenvalue weighted by atomic mass is 9.72. The molecule has 0 aliphatic carbocycles. The molecule has 1 aromatic carbocycles. The van der Waals surface area contributed by atoms with Crippen molar-refractivity contribution in [3.05, 3.63) is 53.5 Å². The van der Waals surface area contributed by atoms with Crippen molar-refractivity contribution >= 4 is 0 Å². The molecule has 0 bridgehead atoms. The molecule has 20 heavy (non-hydrogen) atoms. The Labute approximate surface area is 117 Å². The van der Waals surface area contributed by atoms with Gasteiger partial charge >= 0.3 is 0 Å². The summed E-state index contributed by atoms with van der Waals surface area (Å²) >= 11 is 0. The molecule has 1 N–H and O–H groups in total. The van der Waals surface area contributed by atoms with E-state index >= 15 is 0 Å². The summed E-state index contributed by atoms with van der Waals surface area (Å²) in [4.78, 5) is 0. The first-order valence-electron chi connectivity index (χ1n) is 6.55. The van der Waals surface area contributed by atoms with Crippen LogP contribution in [0.4, 0.5) is 0 Å². The van der Waals surface area contributed by atoms with Crippen LogP contribution in [-0.4, -0.2) is 11.7 Å². The summed E-state index contributed by atoms with van der Waals surface area (Å²) in [5, 5.41) is 20.4. The lowest BCUT2D eigenvalue weighted by Crippen LogP contribution is -2.37. The Kier molecular flexibility index (Phi) is 3.00. The Hall–Kier alpha value is -2.25. The molecule has 102 valence electrons. The number of rotatable bonds is 2. The molecule has 2 unspecified atom stereocenters. The number of aliphatic hydroxyl groups is 1. The smallest absolute Gasteiger partial charge is 0.135 e. The Morgan fingerprint density at radius 3 is 2.80 bits per heavy atom. The summed E-state index contributed by atoms with van der Waals surface area (Å²) in [6.45, 7) is 2.22. The van der Waals surface area contributed by atoms with Gasteiger partial charge in [-0.25, -0.2) is 0 Å². The van der Waals surface area contributed by atoms with E-state index in [0.29, 0.717) is 30.3 Å². The molecular weight excluding hydrogens is 254 g/mol. The average Bonchev–Trinajstić information content (AvgIpc) is 2.92. The van der Waals surface area contributed by atoms with Crippen molar-refractivity contribution in [1.82, 2.24) is 0 Å². The number of hydrogen-bond donors (Lipinski definition) is 1. The highest BCUT2D eigenvalue weighted by Crippen LogP contribution is 2.46. The molecule has 1 aromatic heterocycles. The van der Waals surface area contributed by atoms with Crippen molar-refractivity contribution in [2.24, 2.45) is 0 Å². The molecule has 0 radical (unpaired) electrons. The van der Waals surface area contributed by atoms with Gasteiger partial charge < -0.3 is 14.3 Å². The van der Waals surface area contributed by atoms with Crippen LogP contribution in [0.1, 0.15) is 29.6 Å². The Morgan fingerprint density at radius 1 is 1.30 bits per heavy atom. The van der Waals surface area contributed by atoms with Crippen LogP contribution in [0.2, 0.25) is 0 Å². The van der Waals surface area contributed by atoms with Crippen LogP contribution >= 0.6 is 0 Å². The summed E-state index contributed by atoms with van der Waals surface area (Å²) in [5.74, 6) is 1.79. The quantitative estimate of drug-likeness (QED) is 0.910. The lowest BCUT2D eigenvalue weighted by molar-refractivity contribution is 0.0621. The van der Waals surface area contributed by atoms with E-state index in [1.54, 1.807) is 12.1 Å². The predicted molar refractivity (Wildman–Crippen MR) is 72.2 cm³/mol. The number of furan rings is 1. The van der Waals surface area contributed by atoms with Crippen molar-refractivity contribution in [3.63, 3.8) is 0 Å². The van der Waals surface area contributed by atoms with E-state index in [1.165, 1.54) is 0 Å². The molecular formula is C16H15NO3. The van der Waals surface area contributed by atoms with E-state index in [1.807, 2.05) is 31.2 Å². The predicted octanol–water partition coefficient (Wildman–Crippen LogP) is 2.87. The third kappa shape index (κ3) is 1.79. The fraction of sp³-hybridized carbons (Fsp3) is 0.312. The molecule has 4 heteroatoms. The third-order valence-corrected chi connectivity index (χ3v) is 3.82. The molecule has 3 rings (SSSR count). The highest BCUT2D eigenvalue weighted by atomic mass is 16.5. The summed E-state index contributed by atoms with van der Waals surface area (Å²) in [7, 11) is 0. The van der Waals surface area contributed by atoms with Gasteiger partial charge in [0.05, 0.1) is 12.7 Å². The maximum absolute atomic E-state index is 10.7. The van der Waals surface area contributed by atoms with Crippen molar-refractivity contribution in [3.8, 4) is 11.8 Å². The zero-order valence-corrected chi connectivity index (χ0v) is 11.2. The fourth-order valence-electron chi connectivity index (χ4n) is 2.72. The van der Waals surface area contributed by atoms with Crippen LogP contribution in [0.5, 0.6) is 5.75 Å². The fourth-order valence-corrected chi connectivity index (χ4v) is 2.72. The molecule has 2 heterocycles. The summed E-state index contributed by atoms with van der Waals surface area (Å²) < 4.78 is 11.1. The number of hydrogen-bond acceptors (Lipinski definition) is 4. The Morgan fingerprint density at radius 2 is 2.10 bits per heavy atom. The molecule has 0 saturated carbocycles. The van der Waals surface area contributed by atoms with E-state index in [2.05, 4.69) is 6.07 Å². The van der Waals surface area contributed by atoms with E-state index in [9.17, 15) is 10.4 Å². The minimum absolute atomic E-state index is 0.404. The first kappa shape index (κ1) is 12.8. The Balaban J connectivity index is 2.12. The normalized spacial score (nSPS) is 22.4. The molecule has 1 aliphatic heterocycles. The maximum atomic E-state index is 10.7. The standard InChI is InChI=1S/C16H15NO3/c1-11-6-7-14(20-11)15(18)16(10-17)8-9-19-13-5-3-2-4-12(13)16/h2-7,15,18H,8-9H2,1H3. The number of aryl methyl sites for hydroxylation is 1. The molecule has 0 saturated heterocycles. The van der Waals surface area contributed by atoms with Gasteiger partial charge in [-0.2, -0.15) is 5.26 Å². The van der Waals surface area contributed by atoms with Gasteiger partial charge in [-0.05, 0) is 25.1 Å². The van der Waals surface area contributed by atoms with Gasteiger partial charge in [0.25, 0.3) is 0 Å². The SMILES string of the molecule is Cc1ccc(C(O)C2(C#N)CCOc3ccccc32)o1. The molecule has 1 aliphatic rings. The average molecular weight is 269 g/mol. The van der Waals surface area contributed by atoms with Crippen LogP contribution in [0, 0.1) is 18.3 Å². The second-order valence-electron chi connectivity index (χ2n) is 5.03. The van der Waals surface area contributed by atoms with Crippen LogP contribution < -0.4 is 4.74 Å². The van der Waals surface area contributed by atoms with Gasteiger partial charge in [0.2, 0.25) is 0 Å². The van der Waals surface area contributed by atoms with Gasteiger partial charge in [0, 0.05) is 12.0 Å². The lowest BCUT2D eigenvalue weighted by Gasteiger charge is -2.35. The van der Waals surface area contributed by atoms with Crippen molar-refractivity contribution in [2.45, 2.75) is 24.9 Å². The van der Waals surface area contributed by atoms with Crippen molar-refractivity contribution in [2.75, 3.05) is 6.61 Å². The van der Waals surface area contributed by atoms with Crippen LogP contribution in [-0.2, 0) is 5.41 Å². The second-order valence-corrected chi connectivity index (χ2v) is 5.03. The topological polar surface area (TPSA) is 66.4 Å². The first-order chi connectivity index (χ1) is 9.67. The second kappa shape index (κ2) is 4.69. The number of aliphatic hydroxyl groups excluding tert-OH is 1. The highest BCUT2D eigenvalue weighted by molar-refractivity contribution is 5.47. The molecule has 2 atom stereocenters. The highest BCUT2D eigenvalue weighted by Gasteiger charge is 2.46. The van der Waals surface area contributed by atoms with Crippen LogP contribution in [0.25, 0.3) is 0 Å². The summed E-state index contributed by atoms with van der Waals surface area (Å²) in [6, 6.07) is 13.2. The van der Waals surface area contributed by atoms with Gasteiger partial charge in [0.15, 0.2) is 0 Å². The van der Waals surface area contributed by atoms with E-state index in [4.69, 9.17) is 9.15 Å². The molecule has 0 fully saturated rings. The monoisotopic (exact) mass is 269 g/mol. The molecule has 0 spiro atoms. The van der Waals surface area contributed by atoms with Crippen molar-refractivity contribution < 1.29 is 14.3 Å². The van der Waals surface area contributed by atoms with Gasteiger partial charge in [-0.15, -0.1) is 0 Å². The number of nitriles is 1. The van der Waals surface area contributed by atoms with Crippen LogP contribution in [0.15, 0.2) is 40.8 Å². The molecule has 0 amide bonds. The number of para-hydroxylation sites is 1. The number of benzene rings is 1. The Bertz CT molecular complexity index is 670. The van der Waals surface area contributed by atoms with E-state index in [-0.39, 0.29) is 0 Å². The number of ether oxygens (including phenoxy) is 1. The third-order valence-electron chi connectivity index (χ3n) is 3.82. The zero-order chi connectivity index (χ0) is 14.2. The minimum Gasteiger partial charge on any atom is -0.493 e. The minimum atomic E-state index is -1.03. The van der Waals surface area contributed by atoms with Crippen molar-refractivity contribution in [1.29, 1.82) is 5.26 Å². The first-order valence-corrected chi connectivity index (χ1v) is 6.55. The zero-order valence-electron chi connectivity index (χ0n) is 11.2. The number of nitrogens with zero attached hydrogens (tertiary/aromatic N) is 1. The summed E-state index contributed by atoms with van der Waals surface area (Å²) in [5.41, 5.74) is -0.311. The number of fused-ring (bicyclic) bond motifs is 1. The summed E-state index contributed by atoms with van der Waals surface area (Å²) in [6.07, 6.45) is -0.576. The van der Waals surface area contributed by atoms with E-state index < -0.39 is 11.5 Å². The maximum Gasteiger partial charge on any atom is 0.135 e. The molecule has 4 nitrogen and oxygen atoms in total.